The van der Waals surface area contributed by atoms with Crippen molar-refractivity contribution >= 4 is 5.97 Å². The number of carbonyl (C=O) groups is 1. The van der Waals surface area contributed by atoms with Gasteiger partial charge in [0, 0.05) is 12.1 Å². The van der Waals surface area contributed by atoms with Gasteiger partial charge in [0.15, 0.2) is 0 Å². The quantitative estimate of drug-likeness (QED) is 0.801. The molecular formula is C10H9F2N3O2. The van der Waals surface area contributed by atoms with Gasteiger partial charge in [0.2, 0.25) is 0 Å². The SMILES string of the molecule is COC(=O)c1cc(C(F)F)nc(C#N)c1CN. The molecule has 0 atom stereocenters. The van der Waals surface area contributed by atoms with Crippen LogP contribution in [0.1, 0.15) is 33.7 Å². The van der Waals surface area contributed by atoms with Crippen LogP contribution in [-0.2, 0) is 11.3 Å². The van der Waals surface area contributed by atoms with Crippen LogP contribution in [0, 0.1) is 11.3 Å². The van der Waals surface area contributed by atoms with Crippen molar-refractivity contribution in [2.45, 2.75) is 13.0 Å². The third kappa shape index (κ3) is 2.54. The van der Waals surface area contributed by atoms with Crippen LogP contribution in [0.2, 0.25) is 0 Å². The predicted octanol–water partition coefficient (Wildman–Crippen LogP) is 1.14. The Bertz CT molecular complexity index is 483. The number of pyridine rings is 1. The molecule has 17 heavy (non-hydrogen) atoms. The van der Waals surface area contributed by atoms with Gasteiger partial charge in [0.25, 0.3) is 6.43 Å². The Labute approximate surface area is 95.8 Å². The van der Waals surface area contributed by atoms with E-state index in [0.29, 0.717) is 0 Å². The van der Waals surface area contributed by atoms with Crippen LogP contribution in [0.4, 0.5) is 8.78 Å². The monoisotopic (exact) mass is 241 g/mol. The minimum Gasteiger partial charge on any atom is -0.465 e. The zero-order valence-electron chi connectivity index (χ0n) is 8.91. The number of ether oxygens (including phenoxy) is 1. The maximum absolute atomic E-state index is 12.5. The number of rotatable bonds is 3. The third-order valence-electron chi connectivity index (χ3n) is 2.08. The number of nitriles is 1. The molecule has 1 aromatic heterocycles. The Balaban J connectivity index is 3.49. The fourth-order valence-electron chi connectivity index (χ4n) is 1.29. The lowest BCUT2D eigenvalue weighted by atomic mass is 10.1. The summed E-state index contributed by atoms with van der Waals surface area (Å²) in [5.74, 6) is -0.828. The van der Waals surface area contributed by atoms with E-state index in [1.54, 1.807) is 6.07 Å². The second-order valence-corrected chi connectivity index (χ2v) is 3.03. The molecule has 0 aliphatic rings. The van der Waals surface area contributed by atoms with Crippen molar-refractivity contribution < 1.29 is 18.3 Å². The molecule has 0 aromatic carbocycles. The Morgan fingerprint density at radius 2 is 2.35 bits per heavy atom. The van der Waals surface area contributed by atoms with Crippen molar-refractivity contribution in [2.75, 3.05) is 7.11 Å². The Morgan fingerprint density at radius 1 is 1.71 bits per heavy atom. The standard InChI is InChI=1S/C10H9F2N3O2/c1-17-10(16)5-2-7(9(11)12)15-8(4-14)6(5)3-13/h2,9H,3,13H2,1H3. The zero-order chi connectivity index (χ0) is 13.0. The normalized spacial score (nSPS) is 10.1. The average molecular weight is 241 g/mol. The number of carbonyl (C=O) groups excluding carboxylic acids is 1. The molecule has 7 heteroatoms. The van der Waals surface area contributed by atoms with E-state index in [9.17, 15) is 13.6 Å². The summed E-state index contributed by atoms with van der Waals surface area (Å²) in [4.78, 5) is 14.8. The highest BCUT2D eigenvalue weighted by Gasteiger charge is 2.21. The van der Waals surface area contributed by atoms with E-state index in [1.165, 1.54) is 0 Å². The summed E-state index contributed by atoms with van der Waals surface area (Å²) in [6.45, 7) is -0.163. The Kier molecular flexibility index (Phi) is 4.06. The third-order valence-corrected chi connectivity index (χ3v) is 2.08. The summed E-state index contributed by atoms with van der Waals surface area (Å²) in [6, 6.07) is 2.52. The summed E-state index contributed by atoms with van der Waals surface area (Å²) >= 11 is 0. The van der Waals surface area contributed by atoms with Gasteiger partial charge >= 0.3 is 5.97 Å². The molecule has 5 nitrogen and oxygen atoms in total. The van der Waals surface area contributed by atoms with Crippen LogP contribution in [0.15, 0.2) is 6.07 Å². The van der Waals surface area contributed by atoms with Crippen molar-refractivity contribution in [1.29, 1.82) is 5.26 Å². The predicted molar refractivity (Wildman–Crippen MR) is 53.1 cm³/mol. The van der Waals surface area contributed by atoms with Gasteiger partial charge in [-0.15, -0.1) is 0 Å². The van der Waals surface area contributed by atoms with Gasteiger partial charge in [-0.3, -0.25) is 0 Å². The summed E-state index contributed by atoms with van der Waals surface area (Å²) in [5, 5.41) is 8.77. The summed E-state index contributed by atoms with van der Waals surface area (Å²) < 4.78 is 29.5. The summed E-state index contributed by atoms with van der Waals surface area (Å²) in [5.41, 5.74) is 4.36. The first-order valence-corrected chi connectivity index (χ1v) is 4.55. The zero-order valence-corrected chi connectivity index (χ0v) is 8.91. The van der Waals surface area contributed by atoms with Gasteiger partial charge in [-0.05, 0) is 6.07 Å². The highest BCUT2D eigenvalue weighted by molar-refractivity contribution is 5.91. The van der Waals surface area contributed by atoms with E-state index in [-0.39, 0.29) is 23.4 Å². The fraction of sp³-hybridized carbons (Fsp3) is 0.300. The van der Waals surface area contributed by atoms with Crippen LogP contribution in [0.3, 0.4) is 0 Å². The van der Waals surface area contributed by atoms with Crippen molar-refractivity contribution in [3.8, 4) is 6.07 Å². The average Bonchev–Trinajstić information content (AvgIpc) is 2.35. The van der Waals surface area contributed by atoms with Crippen LogP contribution < -0.4 is 5.73 Å². The largest absolute Gasteiger partial charge is 0.465 e. The lowest BCUT2D eigenvalue weighted by Crippen LogP contribution is -2.14. The number of aromatic nitrogens is 1. The number of nitrogens with zero attached hydrogens (tertiary/aromatic N) is 2. The van der Waals surface area contributed by atoms with E-state index >= 15 is 0 Å². The van der Waals surface area contributed by atoms with Gasteiger partial charge in [-0.1, -0.05) is 0 Å². The summed E-state index contributed by atoms with van der Waals surface area (Å²) in [7, 11) is 1.11. The van der Waals surface area contributed by atoms with Crippen LogP contribution in [-0.4, -0.2) is 18.1 Å². The number of hydrogen-bond acceptors (Lipinski definition) is 5. The number of hydrogen-bond donors (Lipinski definition) is 1. The molecular weight excluding hydrogens is 232 g/mol. The maximum Gasteiger partial charge on any atom is 0.338 e. The lowest BCUT2D eigenvalue weighted by molar-refractivity contribution is 0.0598. The van der Waals surface area contributed by atoms with Crippen molar-refractivity contribution in [1.82, 2.24) is 4.98 Å². The number of halogens is 2. The molecule has 0 amide bonds. The molecule has 0 aliphatic carbocycles. The molecule has 1 rings (SSSR count). The number of esters is 1. The number of methoxy groups -OCH3 is 1. The molecule has 0 bridgehead atoms. The molecule has 2 N–H and O–H groups in total. The Hall–Kier alpha value is -2.07. The first-order valence-electron chi connectivity index (χ1n) is 4.55. The van der Waals surface area contributed by atoms with Gasteiger partial charge in [-0.2, -0.15) is 5.26 Å². The van der Waals surface area contributed by atoms with Crippen LogP contribution in [0.5, 0.6) is 0 Å². The molecule has 1 heterocycles. The van der Waals surface area contributed by atoms with Gasteiger partial charge < -0.3 is 10.5 Å². The van der Waals surface area contributed by atoms with E-state index < -0.39 is 18.1 Å². The second-order valence-electron chi connectivity index (χ2n) is 3.03. The van der Waals surface area contributed by atoms with E-state index in [1.807, 2.05) is 0 Å². The highest BCUT2D eigenvalue weighted by atomic mass is 19.3. The molecule has 90 valence electrons. The summed E-state index contributed by atoms with van der Waals surface area (Å²) in [6.07, 6.45) is -2.88. The highest BCUT2D eigenvalue weighted by Crippen LogP contribution is 2.22. The number of alkyl halides is 2. The molecule has 1 aromatic rings. The van der Waals surface area contributed by atoms with Crippen molar-refractivity contribution in [3.05, 3.63) is 28.6 Å². The molecule has 0 saturated heterocycles. The Morgan fingerprint density at radius 3 is 2.76 bits per heavy atom. The van der Waals surface area contributed by atoms with Gasteiger partial charge in [0.05, 0.1) is 12.7 Å². The van der Waals surface area contributed by atoms with E-state index in [0.717, 1.165) is 13.2 Å². The molecule has 0 fully saturated rings. The lowest BCUT2D eigenvalue weighted by Gasteiger charge is -2.09. The van der Waals surface area contributed by atoms with Crippen molar-refractivity contribution in [3.63, 3.8) is 0 Å². The first kappa shape index (κ1) is 13.0. The molecule has 0 radical (unpaired) electrons. The number of nitrogens with two attached hydrogens (primary N) is 1. The van der Waals surface area contributed by atoms with Crippen molar-refractivity contribution in [2.24, 2.45) is 5.73 Å². The minimum absolute atomic E-state index is 0.101. The molecule has 0 spiro atoms. The maximum atomic E-state index is 12.5. The van der Waals surface area contributed by atoms with Gasteiger partial charge in [0.1, 0.15) is 17.5 Å². The van der Waals surface area contributed by atoms with E-state index in [4.69, 9.17) is 11.0 Å². The van der Waals surface area contributed by atoms with Crippen LogP contribution in [0.25, 0.3) is 0 Å². The van der Waals surface area contributed by atoms with Crippen LogP contribution >= 0.6 is 0 Å². The molecule has 0 unspecified atom stereocenters. The molecule has 0 saturated carbocycles. The smallest absolute Gasteiger partial charge is 0.338 e. The van der Waals surface area contributed by atoms with Gasteiger partial charge in [-0.25, -0.2) is 18.6 Å². The van der Waals surface area contributed by atoms with E-state index in [2.05, 4.69) is 9.72 Å². The topological polar surface area (TPSA) is 89.0 Å². The second kappa shape index (κ2) is 5.32. The molecule has 0 aliphatic heterocycles. The fourth-order valence-corrected chi connectivity index (χ4v) is 1.29. The minimum atomic E-state index is -2.88. The first-order chi connectivity index (χ1) is 8.04.